The molecule has 1 aromatic heterocycles. The van der Waals surface area contributed by atoms with Gasteiger partial charge in [-0.15, -0.1) is 0 Å². The molecule has 0 bridgehead atoms. The molecule has 2 amide bonds. The average Bonchev–Trinajstić information content (AvgIpc) is 2.64. The molecule has 2 aromatic rings. The molecule has 7 nitrogen and oxygen atoms in total. The van der Waals surface area contributed by atoms with E-state index in [-0.39, 0.29) is 23.0 Å². The van der Waals surface area contributed by atoms with Crippen LogP contribution in [-0.2, 0) is 0 Å². The first-order valence-electron chi connectivity index (χ1n) is 8.62. The van der Waals surface area contributed by atoms with Gasteiger partial charge in [-0.3, -0.25) is 14.6 Å². The number of nitrogens with zero attached hydrogens (tertiary/aromatic N) is 1. The van der Waals surface area contributed by atoms with Crippen molar-refractivity contribution < 1.29 is 19.1 Å². The Bertz CT molecular complexity index is 783. The lowest BCUT2D eigenvalue weighted by molar-refractivity contribution is 0.0919. The molecule has 27 heavy (non-hydrogen) atoms. The van der Waals surface area contributed by atoms with Crippen LogP contribution in [0.3, 0.4) is 0 Å². The zero-order valence-corrected chi connectivity index (χ0v) is 16.0. The highest BCUT2D eigenvalue weighted by Crippen LogP contribution is 2.16. The van der Waals surface area contributed by atoms with Gasteiger partial charge in [-0.05, 0) is 57.2 Å². The lowest BCUT2D eigenvalue weighted by Crippen LogP contribution is -2.40. The number of carbonyl (C=O) groups is 2. The van der Waals surface area contributed by atoms with Crippen molar-refractivity contribution in [3.05, 3.63) is 53.9 Å². The minimum atomic E-state index is -0.362. The van der Waals surface area contributed by atoms with Crippen LogP contribution in [0.15, 0.2) is 42.6 Å². The van der Waals surface area contributed by atoms with Crippen LogP contribution >= 0.6 is 0 Å². The number of aromatic nitrogens is 1. The fourth-order valence-corrected chi connectivity index (χ4v) is 2.20. The maximum absolute atomic E-state index is 12.2. The number of methoxy groups -OCH3 is 1. The molecule has 2 N–H and O–H groups in total. The number of nitrogens with one attached hydrogen (secondary N) is 2. The van der Waals surface area contributed by atoms with Crippen molar-refractivity contribution in [2.75, 3.05) is 20.3 Å². The van der Waals surface area contributed by atoms with Gasteiger partial charge in [0.05, 0.1) is 13.7 Å². The molecule has 7 heteroatoms. The van der Waals surface area contributed by atoms with Gasteiger partial charge < -0.3 is 20.1 Å². The van der Waals surface area contributed by atoms with Gasteiger partial charge >= 0.3 is 0 Å². The number of hydrogen-bond acceptors (Lipinski definition) is 5. The van der Waals surface area contributed by atoms with E-state index in [9.17, 15) is 9.59 Å². The van der Waals surface area contributed by atoms with Crippen LogP contribution in [0.1, 0.15) is 41.6 Å². The van der Waals surface area contributed by atoms with Crippen LogP contribution in [0.25, 0.3) is 0 Å². The Hall–Kier alpha value is -3.09. The first kappa shape index (κ1) is 20.2. The van der Waals surface area contributed by atoms with Gasteiger partial charge in [-0.2, -0.15) is 0 Å². The third-order valence-electron chi connectivity index (χ3n) is 3.46. The monoisotopic (exact) mass is 371 g/mol. The molecule has 1 heterocycles. The fraction of sp³-hybridized carbons (Fsp3) is 0.350. The maximum atomic E-state index is 12.2. The zero-order valence-electron chi connectivity index (χ0n) is 16.0. The van der Waals surface area contributed by atoms with Crippen molar-refractivity contribution >= 4 is 11.8 Å². The van der Waals surface area contributed by atoms with Crippen LogP contribution < -0.4 is 20.1 Å². The predicted octanol–water partition coefficient (Wildman–Crippen LogP) is 2.43. The molecule has 1 aromatic carbocycles. The summed E-state index contributed by atoms with van der Waals surface area (Å²) in [5.74, 6) is 0.821. The van der Waals surface area contributed by atoms with E-state index in [4.69, 9.17) is 9.47 Å². The third kappa shape index (κ3) is 6.62. The van der Waals surface area contributed by atoms with Gasteiger partial charge in [-0.25, -0.2) is 0 Å². The van der Waals surface area contributed by atoms with Gasteiger partial charge in [0, 0.05) is 17.3 Å². The normalized spacial score (nSPS) is 10.8. The molecule has 0 radical (unpaired) electrons. The second-order valence-electron chi connectivity index (χ2n) is 6.91. The van der Waals surface area contributed by atoms with Gasteiger partial charge in [0.25, 0.3) is 11.8 Å². The van der Waals surface area contributed by atoms with Crippen molar-refractivity contribution in [1.29, 1.82) is 0 Å². The SMILES string of the molecule is COc1ccc(OCCNC(=O)c2cc(C(=O)NC(C)(C)C)ccn2)cc1. The molecule has 2 rings (SSSR count). The topological polar surface area (TPSA) is 89.5 Å². The van der Waals surface area contributed by atoms with Crippen molar-refractivity contribution in [2.24, 2.45) is 0 Å². The lowest BCUT2D eigenvalue weighted by atomic mass is 10.1. The van der Waals surface area contributed by atoms with Crippen molar-refractivity contribution in [3.63, 3.8) is 0 Å². The summed E-state index contributed by atoms with van der Waals surface area (Å²) in [6, 6.07) is 10.2. The van der Waals surface area contributed by atoms with Crippen LogP contribution in [-0.4, -0.2) is 42.6 Å². The smallest absolute Gasteiger partial charge is 0.270 e. The number of rotatable bonds is 7. The molecule has 0 fully saturated rings. The molecule has 0 aliphatic heterocycles. The third-order valence-corrected chi connectivity index (χ3v) is 3.46. The van der Waals surface area contributed by atoms with Gasteiger partial charge in [0.1, 0.15) is 23.8 Å². The molecule has 0 atom stereocenters. The number of carbonyl (C=O) groups excluding carboxylic acids is 2. The quantitative estimate of drug-likeness (QED) is 0.730. The van der Waals surface area contributed by atoms with Crippen LogP contribution in [0.2, 0.25) is 0 Å². The summed E-state index contributed by atoms with van der Waals surface area (Å²) in [7, 11) is 1.60. The van der Waals surface area contributed by atoms with E-state index >= 15 is 0 Å². The number of pyridine rings is 1. The van der Waals surface area contributed by atoms with Crippen LogP contribution in [0.5, 0.6) is 11.5 Å². The Balaban J connectivity index is 1.84. The van der Waals surface area contributed by atoms with Crippen LogP contribution in [0.4, 0.5) is 0 Å². The van der Waals surface area contributed by atoms with Gasteiger partial charge in [0.2, 0.25) is 0 Å². The highest BCUT2D eigenvalue weighted by molar-refractivity contribution is 5.98. The van der Waals surface area contributed by atoms with E-state index in [2.05, 4.69) is 15.6 Å². The Morgan fingerprint density at radius 1 is 1.04 bits per heavy atom. The first-order chi connectivity index (χ1) is 12.8. The second kappa shape index (κ2) is 9.02. The summed E-state index contributed by atoms with van der Waals surface area (Å²) in [5, 5.41) is 5.58. The van der Waals surface area contributed by atoms with Gasteiger partial charge in [0.15, 0.2) is 0 Å². The summed E-state index contributed by atoms with van der Waals surface area (Å²) in [6.45, 7) is 6.29. The fourth-order valence-electron chi connectivity index (χ4n) is 2.20. The van der Waals surface area contributed by atoms with Crippen molar-refractivity contribution in [2.45, 2.75) is 26.3 Å². The molecule has 0 unspecified atom stereocenters. The van der Waals surface area contributed by atoms with E-state index in [0.29, 0.717) is 24.5 Å². The van der Waals surface area contributed by atoms with Crippen LogP contribution in [0, 0.1) is 0 Å². The highest BCUT2D eigenvalue weighted by atomic mass is 16.5. The average molecular weight is 371 g/mol. The summed E-state index contributed by atoms with van der Waals surface area (Å²) in [4.78, 5) is 28.4. The van der Waals surface area contributed by atoms with E-state index in [1.807, 2.05) is 20.8 Å². The molecular weight excluding hydrogens is 346 g/mol. The molecule has 144 valence electrons. The molecule has 0 spiro atoms. The van der Waals surface area contributed by atoms with E-state index in [0.717, 1.165) is 5.75 Å². The van der Waals surface area contributed by atoms with E-state index in [1.165, 1.54) is 12.3 Å². The van der Waals surface area contributed by atoms with E-state index < -0.39 is 0 Å². The largest absolute Gasteiger partial charge is 0.497 e. The number of benzene rings is 1. The molecular formula is C20H25N3O4. The van der Waals surface area contributed by atoms with Gasteiger partial charge in [-0.1, -0.05) is 0 Å². The van der Waals surface area contributed by atoms with Crippen molar-refractivity contribution in [1.82, 2.24) is 15.6 Å². The Kier molecular flexibility index (Phi) is 6.76. The Morgan fingerprint density at radius 2 is 1.70 bits per heavy atom. The standard InChI is InChI=1S/C20H25N3O4/c1-20(2,3)23-18(24)14-9-10-21-17(13-14)19(25)22-11-12-27-16-7-5-15(26-4)6-8-16/h5-10,13H,11-12H2,1-4H3,(H,22,25)(H,23,24). The summed E-state index contributed by atoms with van der Waals surface area (Å²) >= 11 is 0. The summed E-state index contributed by atoms with van der Waals surface area (Å²) in [6.07, 6.45) is 1.44. The Morgan fingerprint density at radius 3 is 2.33 bits per heavy atom. The lowest BCUT2D eigenvalue weighted by Gasteiger charge is -2.20. The van der Waals surface area contributed by atoms with Crippen molar-refractivity contribution in [3.8, 4) is 11.5 Å². The molecule has 0 saturated heterocycles. The molecule has 0 aliphatic carbocycles. The first-order valence-corrected chi connectivity index (χ1v) is 8.62. The maximum Gasteiger partial charge on any atom is 0.270 e. The number of amides is 2. The number of ether oxygens (including phenoxy) is 2. The van der Waals surface area contributed by atoms with E-state index in [1.54, 1.807) is 37.4 Å². The minimum Gasteiger partial charge on any atom is -0.497 e. The summed E-state index contributed by atoms with van der Waals surface area (Å²) in [5.41, 5.74) is 0.210. The second-order valence-corrected chi connectivity index (χ2v) is 6.91. The zero-order chi connectivity index (χ0) is 19.9. The predicted molar refractivity (Wildman–Crippen MR) is 102 cm³/mol. The highest BCUT2D eigenvalue weighted by Gasteiger charge is 2.17. The Labute approximate surface area is 159 Å². The minimum absolute atomic E-state index is 0.181. The molecule has 0 saturated carbocycles. The number of hydrogen-bond donors (Lipinski definition) is 2. The summed E-state index contributed by atoms with van der Waals surface area (Å²) < 4.78 is 10.6. The molecule has 0 aliphatic rings.